The van der Waals surface area contributed by atoms with Gasteiger partial charge in [-0.25, -0.2) is 9.59 Å². The number of carboxylic acids is 1. The average molecular weight is 255 g/mol. The van der Waals surface area contributed by atoms with Gasteiger partial charge in [0.15, 0.2) is 0 Å². The van der Waals surface area contributed by atoms with Crippen molar-refractivity contribution in [2.24, 2.45) is 0 Å². The zero-order valence-electron chi connectivity index (χ0n) is 10.8. The Labute approximate surface area is 107 Å². The molecule has 0 spiro atoms. The van der Waals surface area contributed by atoms with E-state index in [0.29, 0.717) is 19.5 Å². The summed E-state index contributed by atoms with van der Waals surface area (Å²) in [6.45, 7) is 3.84. The lowest BCUT2D eigenvalue weighted by Crippen LogP contribution is -2.48. The maximum absolute atomic E-state index is 12.3. The predicted octanol–water partition coefficient (Wildman–Crippen LogP) is 0.293. The first-order valence-electron chi connectivity index (χ1n) is 6.56. The number of likely N-dealkylation sites (N-methyl/N-ethyl adjacent to an activating group) is 1. The summed E-state index contributed by atoms with van der Waals surface area (Å²) >= 11 is 0. The van der Waals surface area contributed by atoms with Crippen LogP contribution < -0.4 is 0 Å². The van der Waals surface area contributed by atoms with Crippen LogP contribution in [-0.4, -0.2) is 77.6 Å². The molecule has 2 aliphatic heterocycles. The SMILES string of the molecule is CN1CCCN(C(=O)N2CCCC2C(=O)O)CC1. The summed E-state index contributed by atoms with van der Waals surface area (Å²) in [4.78, 5) is 29.0. The third-order valence-electron chi connectivity index (χ3n) is 3.77. The fraction of sp³-hybridized carbons (Fsp3) is 0.833. The zero-order valence-corrected chi connectivity index (χ0v) is 10.8. The molecule has 0 aliphatic carbocycles. The Morgan fingerprint density at radius 3 is 2.56 bits per heavy atom. The normalized spacial score (nSPS) is 26.2. The van der Waals surface area contributed by atoms with Gasteiger partial charge < -0.3 is 19.8 Å². The average Bonchev–Trinajstić information content (AvgIpc) is 2.72. The number of hydrogen-bond donors (Lipinski definition) is 1. The smallest absolute Gasteiger partial charge is 0.326 e. The standard InChI is InChI=1S/C12H21N3O3/c1-13-5-3-6-14(9-8-13)12(18)15-7-2-4-10(15)11(16)17/h10H,2-9H2,1H3,(H,16,17). The largest absolute Gasteiger partial charge is 0.480 e. The highest BCUT2D eigenvalue weighted by Crippen LogP contribution is 2.19. The minimum absolute atomic E-state index is 0.102. The Morgan fingerprint density at radius 1 is 1.06 bits per heavy atom. The fourth-order valence-corrected chi connectivity index (χ4v) is 2.67. The number of amides is 2. The van der Waals surface area contributed by atoms with Crippen LogP contribution in [0.25, 0.3) is 0 Å². The summed E-state index contributed by atoms with van der Waals surface area (Å²) in [7, 11) is 2.05. The molecule has 2 heterocycles. The van der Waals surface area contributed by atoms with E-state index >= 15 is 0 Å². The summed E-state index contributed by atoms with van der Waals surface area (Å²) in [6, 6.07) is -0.728. The molecule has 0 saturated carbocycles. The maximum Gasteiger partial charge on any atom is 0.326 e. The number of hydrogen-bond acceptors (Lipinski definition) is 3. The highest BCUT2D eigenvalue weighted by molar-refractivity contribution is 5.83. The molecule has 6 heteroatoms. The molecule has 2 saturated heterocycles. The zero-order chi connectivity index (χ0) is 13.1. The van der Waals surface area contributed by atoms with Crippen molar-refractivity contribution in [2.75, 3.05) is 39.8 Å². The number of nitrogens with zero attached hydrogens (tertiary/aromatic N) is 3. The van der Waals surface area contributed by atoms with Crippen molar-refractivity contribution in [2.45, 2.75) is 25.3 Å². The lowest BCUT2D eigenvalue weighted by molar-refractivity contribution is -0.141. The van der Waals surface area contributed by atoms with Gasteiger partial charge >= 0.3 is 12.0 Å². The lowest BCUT2D eigenvalue weighted by atomic mass is 10.2. The van der Waals surface area contributed by atoms with Crippen LogP contribution in [0.3, 0.4) is 0 Å². The Morgan fingerprint density at radius 2 is 1.83 bits per heavy atom. The molecule has 1 atom stereocenters. The minimum atomic E-state index is -0.882. The molecule has 102 valence electrons. The van der Waals surface area contributed by atoms with E-state index in [1.165, 1.54) is 4.90 Å². The van der Waals surface area contributed by atoms with Crippen molar-refractivity contribution in [3.63, 3.8) is 0 Å². The van der Waals surface area contributed by atoms with Crippen molar-refractivity contribution in [1.29, 1.82) is 0 Å². The number of aliphatic carboxylic acids is 1. The van der Waals surface area contributed by atoms with Gasteiger partial charge in [0, 0.05) is 26.2 Å². The van der Waals surface area contributed by atoms with Crippen LogP contribution in [0.5, 0.6) is 0 Å². The fourth-order valence-electron chi connectivity index (χ4n) is 2.67. The molecular weight excluding hydrogens is 234 g/mol. The third kappa shape index (κ3) is 2.75. The molecule has 1 N–H and O–H groups in total. The van der Waals surface area contributed by atoms with Gasteiger partial charge in [-0.1, -0.05) is 0 Å². The summed E-state index contributed by atoms with van der Waals surface area (Å²) < 4.78 is 0. The van der Waals surface area contributed by atoms with Gasteiger partial charge in [0.2, 0.25) is 0 Å². The molecule has 2 aliphatic rings. The molecule has 0 radical (unpaired) electrons. The van der Waals surface area contributed by atoms with Gasteiger partial charge in [0.25, 0.3) is 0 Å². The van der Waals surface area contributed by atoms with Gasteiger partial charge in [-0.05, 0) is 32.9 Å². The monoisotopic (exact) mass is 255 g/mol. The van der Waals surface area contributed by atoms with E-state index < -0.39 is 12.0 Å². The number of carbonyl (C=O) groups excluding carboxylic acids is 1. The second-order valence-corrected chi connectivity index (χ2v) is 5.12. The number of carbonyl (C=O) groups is 2. The maximum atomic E-state index is 12.3. The molecule has 18 heavy (non-hydrogen) atoms. The molecule has 1 unspecified atom stereocenters. The van der Waals surface area contributed by atoms with Crippen LogP contribution in [0.2, 0.25) is 0 Å². The van der Waals surface area contributed by atoms with Crippen LogP contribution in [-0.2, 0) is 4.79 Å². The molecule has 2 amide bonds. The Kier molecular flexibility index (Phi) is 4.06. The molecule has 2 fully saturated rings. The van der Waals surface area contributed by atoms with Crippen LogP contribution in [0.1, 0.15) is 19.3 Å². The van der Waals surface area contributed by atoms with Gasteiger partial charge in [0.05, 0.1) is 0 Å². The summed E-state index contributed by atoms with van der Waals surface area (Å²) in [6.07, 6.45) is 2.32. The van der Waals surface area contributed by atoms with E-state index in [0.717, 1.165) is 32.5 Å². The van der Waals surface area contributed by atoms with Crippen molar-refractivity contribution in [3.8, 4) is 0 Å². The summed E-state index contributed by atoms with van der Waals surface area (Å²) in [5.41, 5.74) is 0. The molecule has 0 bridgehead atoms. The molecule has 0 aromatic heterocycles. The van der Waals surface area contributed by atoms with E-state index in [-0.39, 0.29) is 6.03 Å². The molecule has 6 nitrogen and oxygen atoms in total. The second kappa shape index (κ2) is 5.56. The molecule has 2 rings (SSSR count). The van der Waals surface area contributed by atoms with Crippen LogP contribution in [0.4, 0.5) is 4.79 Å². The third-order valence-corrected chi connectivity index (χ3v) is 3.77. The first-order valence-corrected chi connectivity index (χ1v) is 6.56. The quantitative estimate of drug-likeness (QED) is 0.731. The summed E-state index contributed by atoms with van der Waals surface area (Å²) in [5, 5.41) is 9.11. The van der Waals surface area contributed by atoms with Crippen molar-refractivity contribution < 1.29 is 14.7 Å². The van der Waals surface area contributed by atoms with Crippen LogP contribution in [0, 0.1) is 0 Å². The number of rotatable bonds is 1. The Hall–Kier alpha value is -1.30. The van der Waals surface area contributed by atoms with Gasteiger partial charge in [-0.2, -0.15) is 0 Å². The van der Waals surface area contributed by atoms with Gasteiger partial charge in [-0.15, -0.1) is 0 Å². The van der Waals surface area contributed by atoms with Crippen molar-refractivity contribution >= 4 is 12.0 Å². The number of urea groups is 1. The number of likely N-dealkylation sites (tertiary alicyclic amines) is 1. The predicted molar refractivity (Wildman–Crippen MR) is 66.4 cm³/mol. The van der Waals surface area contributed by atoms with E-state index in [1.807, 2.05) is 7.05 Å². The van der Waals surface area contributed by atoms with E-state index in [4.69, 9.17) is 5.11 Å². The number of carboxylic acid groups (broad SMARTS) is 1. The minimum Gasteiger partial charge on any atom is -0.480 e. The van der Waals surface area contributed by atoms with E-state index in [2.05, 4.69) is 4.90 Å². The van der Waals surface area contributed by atoms with Gasteiger partial charge in [-0.3, -0.25) is 0 Å². The lowest BCUT2D eigenvalue weighted by Gasteiger charge is -2.29. The Balaban J connectivity index is 1.99. The topological polar surface area (TPSA) is 64.1 Å². The van der Waals surface area contributed by atoms with Crippen molar-refractivity contribution in [1.82, 2.24) is 14.7 Å². The van der Waals surface area contributed by atoms with Crippen molar-refractivity contribution in [3.05, 3.63) is 0 Å². The first-order chi connectivity index (χ1) is 8.59. The van der Waals surface area contributed by atoms with Gasteiger partial charge in [0.1, 0.15) is 6.04 Å². The summed E-state index contributed by atoms with van der Waals surface area (Å²) in [5.74, 6) is -0.882. The first kappa shape index (κ1) is 13.1. The molecule has 0 aromatic rings. The van der Waals surface area contributed by atoms with E-state index in [1.54, 1.807) is 4.90 Å². The van der Waals surface area contributed by atoms with E-state index in [9.17, 15) is 9.59 Å². The highest BCUT2D eigenvalue weighted by Gasteiger charge is 2.36. The van der Waals surface area contributed by atoms with Crippen LogP contribution >= 0.6 is 0 Å². The molecular formula is C12H21N3O3. The van der Waals surface area contributed by atoms with Crippen LogP contribution in [0.15, 0.2) is 0 Å². The highest BCUT2D eigenvalue weighted by atomic mass is 16.4. The molecule has 0 aromatic carbocycles. The second-order valence-electron chi connectivity index (χ2n) is 5.12. The Bertz CT molecular complexity index is 335.